The zero-order valence-electron chi connectivity index (χ0n) is 9.55. The van der Waals surface area contributed by atoms with E-state index in [0.717, 1.165) is 23.4 Å². The fraction of sp³-hybridized carbons (Fsp3) is 0.385. The van der Waals surface area contributed by atoms with Crippen LogP contribution in [-0.2, 0) is 9.53 Å². The Hall–Kier alpha value is -1.29. The number of thioether (sulfide) groups is 1. The quantitative estimate of drug-likeness (QED) is 0.752. The zero-order chi connectivity index (χ0) is 11.9. The maximum absolute atomic E-state index is 11.7. The number of esters is 1. The number of hydrogen-bond acceptors (Lipinski definition) is 4. The Bertz CT molecular complexity index is 479. The molecule has 1 spiro atoms. The lowest BCUT2D eigenvalue weighted by Gasteiger charge is -2.12. The first-order valence-electron chi connectivity index (χ1n) is 5.65. The third kappa shape index (κ3) is 1.76. The maximum Gasteiger partial charge on any atom is 0.332 e. The molecule has 0 saturated heterocycles. The summed E-state index contributed by atoms with van der Waals surface area (Å²) in [5.74, 6) is -0.207. The summed E-state index contributed by atoms with van der Waals surface area (Å²) in [4.78, 5) is 16.3. The summed E-state index contributed by atoms with van der Waals surface area (Å²) < 4.78 is 4.83. The Morgan fingerprint density at radius 1 is 1.41 bits per heavy atom. The molecule has 88 valence electrons. The second-order valence-electron chi connectivity index (χ2n) is 4.39. The first kappa shape index (κ1) is 10.8. The van der Waals surface area contributed by atoms with Crippen LogP contribution in [-0.4, -0.2) is 28.9 Å². The predicted octanol–water partition coefficient (Wildman–Crippen LogP) is 2.25. The van der Waals surface area contributed by atoms with Gasteiger partial charge in [0.15, 0.2) is 6.04 Å². The molecule has 17 heavy (non-hydrogen) atoms. The standard InChI is InChI=1S/C13H13NO2S/c1-16-12(15)10-13(7-8-13)17-11(14-10)9-5-3-2-4-6-9/h2-6,10H,7-8H2,1H3. The molecule has 1 atom stereocenters. The number of carbonyl (C=O) groups is 1. The number of benzene rings is 1. The van der Waals surface area contributed by atoms with Gasteiger partial charge in [-0.05, 0) is 12.8 Å². The van der Waals surface area contributed by atoms with Gasteiger partial charge in [0, 0.05) is 5.56 Å². The van der Waals surface area contributed by atoms with Crippen LogP contribution in [0.2, 0.25) is 0 Å². The minimum absolute atomic E-state index is 0.00172. The second-order valence-corrected chi connectivity index (χ2v) is 5.80. The Kier molecular flexibility index (Phi) is 2.47. The second kappa shape index (κ2) is 3.88. The Morgan fingerprint density at radius 3 is 2.71 bits per heavy atom. The maximum atomic E-state index is 11.7. The highest BCUT2D eigenvalue weighted by Gasteiger charge is 2.58. The summed E-state index contributed by atoms with van der Waals surface area (Å²) in [7, 11) is 1.43. The zero-order valence-corrected chi connectivity index (χ0v) is 10.4. The van der Waals surface area contributed by atoms with Crippen molar-refractivity contribution in [2.75, 3.05) is 7.11 Å². The van der Waals surface area contributed by atoms with Gasteiger partial charge in [-0.15, -0.1) is 0 Å². The molecule has 0 aromatic heterocycles. The molecule has 4 heteroatoms. The first-order valence-corrected chi connectivity index (χ1v) is 6.47. The van der Waals surface area contributed by atoms with E-state index >= 15 is 0 Å². The molecule has 1 fully saturated rings. The van der Waals surface area contributed by atoms with Gasteiger partial charge in [-0.3, -0.25) is 4.99 Å². The highest BCUT2D eigenvalue weighted by molar-refractivity contribution is 8.16. The molecule has 1 saturated carbocycles. The van der Waals surface area contributed by atoms with Crippen LogP contribution in [0.4, 0.5) is 0 Å². The number of nitrogens with zero attached hydrogens (tertiary/aromatic N) is 1. The minimum Gasteiger partial charge on any atom is -0.467 e. The molecule has 3 nitrogen and oxygen atoms in total. The van der Waals surface area contributed by atoms with E-state index in [1.165, 1.54) is 7.11 Å². The van der Waals surface area contributed by atoms with Gasteiger partial charge in [-0.25, -0.2) is 4.79 Å². The predicted molar refractivity (Wildman–Crippen MR) is 68.3 cm³/mol. The van der Waals surface area contributed by atoms with Crippen LogP contribution in [0.25, 0.3) is 0 Å². The molecule has 1 aromatic rings. The summed E-state index contributed by atoms with van der Waals surface area (Å²) in [5, 5.41) is 0.971. The number of rotatable bonds is 2. The minimum atomic E-state index is -0.312. The van der Waals surface area contributed by atoms with Gasteiger partial charge in [0.05, 0.1) is 16.9 Å². The van der Waals surface area contributed by atoms with Crippen molar-refractivity contribution in [2.24, 2.45) is 4.99 Å². The number of methoxy groups -OCH3 is 1. The van der Waals surface area contributed by atoms with Crippen molar-refractivity contribution in [3.63, 3.8) is 0 Å². The van der Waals surface area contributed by atoms with Crippen LogP contribution in [0, 0.1) is 0 Å². The highest BCUT2D eigenvalue weighted by Crippen LogP contribution is 2.57. The molecule has 0 radical (unpaired) electrons. The largest absolute Gasteiger partial charge is 0.467 e. The molecule has 1 heterocycles. The lowest BCUT2D eigenvalue weighted by molar-refractivity contribution is -0.142. The summed E-state index contributed by atoms with van der Waals surface area (Å²) in [6.07, 6.45) is 2.11. The third-order valence-corrected chi connectivity index (χ3v) is 4.81. The molecule has 2 aliphatic rings. The van der Waals surface area contributed by atoms with Crippen molar-refractivity contribution in [1.29, 1.82) is 0 Å². The topological polar surface area (TPSA) is 38.7 Å². The van der Waals surface area contributed by atoms with Crippen molar-refractivity contribution < 1.29 is 9.53 Å². The van der Waals surface area contributed by atoms with Gasteiger partial charge in [0.25, 0.3) is 0 Å². The lowest BCUT2D eigenvalue weighted by atomic mass is 10.2. The molecular weight excluding hydrogens is 234 g/mol. The smallest absolute Gasteiger partial charge is 0.332 e. The van der Waals surface area contributed by atoms with Gasteiger partial charge in [-0.1, -0.05) is 42.1 Å². The van der Waals surface area contributed by atoms with Gasteiger partial charge < -0.3 is 4.74 Å². The van der Waals surface area contributed by atoms with Gasteiger partial charge in [0.2, 0.25) is 0 Å². The van der Waals surface area contributed by atoms with Crippen LogP contribution in [0.1, 0.15) is 18.4 Å². The summed E-state index contributed by atoms with van der Waals surface area (Å²) in [6.45, 7) is 0. The molecule has 3 rings (SSSR count). The van der Waals surface area contributed by atoms with Crippen LogP contribution >= 0.6 is 11.8 Å². The van der Waals surface area contributed by atoms with Crippen LogP contribution in [0.3, 0.4) is 0 Å². The molecule has 0 N–H and O–H groups in total. The van der Waals surface area contributed by atoms with Crippen molar-refractivity contribution in [2.45, 2.75) is 23.6 Å². The fourth-order valence-electron chi connectivity index (χ4n) is 2.10. The van der Waals surface area contributed by atoms with Crippen molar-refractivity contribution in [3.05, 3.63) is 35.9 Å². The van der Waals surface area contributed by atoms with Crippen molar-refractivity contribution in [1.82, 2.24) is 0 Å². The molecule has 0 amide bonds. The highest BCUT2D eigenvalue weighted by atomic mass is 32.2. The average Bonchev–Trinajstić information content (AvgIpc) is 3.03. The Balaban J connectivity index is 1.91. The fourth-order valence-corrected chi connectivity index (χ4v) is 3.47. The van der Waals surface area contributed by atoms with E-state index < -0.39 is 0 Å². The summed E-state index contributed by atoms with van der Waals surface area (Å²) in [6, 6.07) is 9.71. The van der Waals surface area contributed by atoms with Crippen LogP contribution in [0.15, 0.2) is 35.3 Å². The van der Waals surface area contributed by atoms with Crippen LogP contribution in [0.5, 0.6) is 0 Å². The molecule has 1 aliphatic carbocycles. The summed E-state index contributed by atoms with van der Waals surface area (Å²) >= 11 is 1.73. The molecule has 1 unspecified atom stereocenters. The van der Waals surface area contributed by atoms with E-state index in [-0.39, 0.29) is 16.8 Å². The van der Waals surface area contributed by atoms with E-state index in [9.17, 15) is 4.79 Å². The monoisotopic (exact) mass is 247 g/mol. The van der Waals surface area contributed by atoms with Gasteiger partial charge >= 0.3 is 5.97 Å². The normalized spacial score (nSPS) is 24.5. The van der Waals surface area contributed by atoms with E-state index in [2.05, 4.69) is 4.99 Å². The lowest BCUT2D eigenvalue weighted by Crippen LogP contribution is -2.29. The van der Waals surface area contributed by atoms with Crippen molar-refractivity contribution in [3.8, 4) is 0 Å². The SMILES string of the molecule is COC(=O)C1N=C(c2ccccc2)SC12CC2. The first-order chi connectivity index (χ1) is 8.25. The number of aliphatic imine (C=N–C) groups is 1. The van der Waals surface area contributed by atoms with E-state index in [1.807, 2.05) is 30.3 Å². The third-order valence-electron chi connectivity index (χ3n) is 3.23. The van der Waals surface area contributed by atoms with Gasteiger partial charge in [0.1, 0.15) is 0 Å². The van der Waals surface area contributed by atoms with E-state index in [1.54, 1.807) is 11.8 Å². The molecular formula is C13H13NO2S. The number of carbonyl (C=O) groups excluding carboxylic acids is 1. The molecule has 1 aromatic carbocycles. The Morgan fingerprint density at radius 2 is 2.12 bits per heavy atom. The summed E-state index contributed by atoms with van der Waals surface area (Å²) in [5.41, 5.74) is 1.09. The van der Waals surface area contributed by atoms with Crippen molar-refractivity contribution >= 4 is 22.8 Å². The number of ether oxygens (including phenoxy) is 1. The Labute approximate surface area is 104 Å². The van der Waals surface area contributed by atoms with E-state index in [4.69, 9.17) is 4.74 Å². The van der Waals surface area contributed by atoms with Gasteiger partial charge in [-0.2, -0.15) is 0 Å². The van der Waals surface area contributed by atoms with Crippen LogP contribution < -0.4 is 0 Å². The number of hydrogen-bond donors (Lipinski definition) is 0. The molecule has 0 bridgehead atoms. The van der Waals surface area contributed by atoms with E-state index in [0.29, 0.717) is 0 Å². The molecule has 1 aliphatic heterocycles. The average molecular weight is 247 g/mol.